The summed E-state index contributed by atoms with van der Waals surface area (Å²) >= 11 is 0. The highest BCUT2D eigenvalue weighted by molar-refractivity contribution is 5.88. The van der Waals surface area contributed by atoms with E-state index in [0.29, 0.717) is 19.5 Å². The first-order valence-electron chi connectivity index (χ1n) is 10.9. The first-order valence-corrected chi connectivity index (χ1v) is 10.9. The number of carbonyl (C=O) groups excluding carboxylic acids is 2. The largest absolute Gasteiger partial charge is 0.497 e. The molecule has 0 aliphatic carbocycles. The molecule has 0 spiro atoms. The van der Waals surface area contributed by atoms with Crippen molar-refractivity contribution in [3.63, 3.8) is 0 Å². The smallest absolute Gasteiger partial charge is 0.243 e. The predicted molar refractivity (Wildman–Crippen MR) is 126 cm³/mol. The molecule has 3 aromatic rings. The van der Waals surface area contributed by atoms with Crippen molar-refractivity contribution in [1.29, 1.82) is 0 Å². The second-order valence-electron chi connectivity index (χ2n) is 7.64. The van der Waals surface area contributed by atoms with Gasteiger partial charge in [0.2, 0.25) is 11.8 Å². The van der Waals surface area contributed by atoms with E-state index in [1.807, 2.05) is 91.9 Å². The molecule has 0 unspecified atom stereocenters. The molecule has 0 bridgehead atoms. The Morgan fingerprint density at radius 3 is 2.12 bits per heavy atom. The minimum Gasteiger partial charge on any atom is -0.497 e. The van der Waals surface area contributed by atoms with Crippen LogP contribution in [0.3, 0.4) is 0 Å². The molecule has 0 fully saturated rings. The zero-order valence-electron chi connectivity index (χ0n) is 18.7. The van der Waals surface area contributed by atoms with Gasteiger partial charge in [0.1, 0.15) is 11.8 Å². The predicted octanol–water partition coefficient (Wildman–Crippen LogP) is 4.01. The average Bonchev–Trinajstić information content (AvgIpc) is 2.83. The van der Waals surface area contributed by atoms with Crippen LogP contribution >= 0.6 is 0 Å². The molecule has 0 aromatic heterocycles. The number of likely N-dealkylation sites (N-methyl/N-ethyl adjacent to an activating group) is 1. The summed E-state index contributed by atoms with van der Waals surface area (Å²) < 4.78 is 5.35. The second-order valence-corrected chi connectivity index (χ2v) is 7.64. The van der Waals surface area contributed by atoms with Gasteiger partial charge in [0.15, 0.2) is 0 Å². The molecule has 5 heteroatoms. The maximum absolute atomic E-state index is 13.5. The molecule has 0 radical (unpaired) electrons. The number of nitrogens with one attached hydrogen (secondary N) is 1. The standard InChI is InChI=1S/C27H30N2O3/c1-3-28-27(31)25(18-21-11-6-4-7-12-21)29(20-23-15-10-16-24(17-23)32-2)26(30)19-22-13-8-5-9-14-22/h4-17,25H,3,18-20H2,1-2H3,(H,28,31)/t25-/m1/s1. The molecule has 0 saturated heterocycles. The van der Waals surface area contributed by atoms with Crippen LogP contribution in [0.5, 0.6) is 5.75 Å². The van der Waals surface area contributed by atoms with E-state index in [-0.39, 0.29) is 18.2 Å². The molecule has 1 atom stereocenters. The lowest BCUT2D eigenvalue weighted by Gasteiger charge is -2.31. The maximum Gasteiger partial charge on any atom is 0.243 e. The van der Waals surface area contributed by atoms with Crippen molar-refractivity contribution in [3.05, 3.63) is 102 Å². The molecule has 0 aliphatic rings. The van der Waals surface area contributed by atoms with E-state index in [4.69, 9.17) is 4.74 Å². The van der Waals surface area contributed by atoms with Gasteiger partial charge in [-0.15, -0.1) is 0 Å². The van der Waals surface area contributed by atoms with Crippen molar-refractivity contribution in [2.24, 2.45) is 0 Å². The third-order valence-corrected chi connectivity index (χ3v) is 5.31. The molecule has 0 saturated carbocycles. The monoisotopic (exact) mass is 430 g/mol. The molecule has 5 nitrogen and oxygen atoms in total. The molecular formula is C27H30N2O3. The zero-order valence-corrected chi connectivity index (χ0v) is 18.7. The molecule has 2 amide bonds. The highest BCUT2D eigenvalue weighted by Gasteiger charge is 2.30. The first kappa shape index (κ1) is 23.1. The van der Waals surface area contributed by atoms with Gasteiger partial charge in [-0.05, 0) is 35.7 Å². The van der Waals surface area contributed by atoms with Gasteiger partial charge in [-0.3, -0.25) is 9.59 Å². The summed E-state index contributed by atoms with van der Waals surface area (Å²) in [5.74, 6) is 0.474. The van der Waals surface area contributed by atoms with Crippen molar-refractivity contribution in [2.45, 2.75) is 32.4 Å². The van der Waals surface area contributed by atoms with Crippen molar-refractivity contribution in [1.82, 2.24) is 10.2 Å². The number of methoxy groups -OCH3 is 1. The van der Waals surface area contributed by atoms with Crippen molar-refractivity contribution < 1.29 is 14.3 Å². The highest BCUT2D eigenvalue weighted by Crippen LogP contribution is 2.19. The lowest BCUT2D eigenvalue weighted by atomic mass is 10.0. The number of ether oxygens (including phenoxy) is 1. The number of nitrogens with zero attached hydrogens (tertiary/aromatic N) is 1. The van der Waals surface area contributed by atoms with Crippen LogP contribution in [0.4, 0.5) is 0 Å². The van der Waals surface area contributed by atoms with E-state index in [1.54, 1.807) is 12.0 Å². The molecule has 166 valence electrons. The lowest BCUT2D eigenvalue weighted by Crippen LogP contribution is -2.50. The Labute approximate surface area is 190 Å². The summed E-state index contributed by atoms with van der Waals surface area (Å²) in [6, 6.07) is 26.4. The van der Waals surface area contributed by atoms with E-state index in [2.05, 4.69) is 5.32 Å². The van der Waals surface area contributed by atoms with E-state index in [1.165, 1.54) is 0 Å². The van der Waals surface area contributed by atoms with Crippen LogP contribution in [0.15, 0.2) is 84.9 Å². The normalized spacial score (nSPS) is 11.4. The van der Waals surface area contributed by atoms with Crippen LogP contribution < -0.4 is 10.1 Å². The Balaban J connectivity index is 1.95. The fourth-order valence-corrected chi connectivity index (χ4v) is 3.69. The topological polar surface area (TPSA) is 58.6 Å². The molecule has 0 aliphatic heterocycles. The summed E-state index contributed by atoms with van der Waals surface area (Å²) in [6.45, 7) is 2.71. The Bertz CT molecular complexity index is 1010. The van der Waals surface area contributed by atoms with Gasteiger partial charge in [-0.2, -0.15) is 0 Å². The Morgan fingerprint density at radius 2 is 1.50 bits per heavy atom. The van der Waals surface area contributed by atoms with Gasteiger partial charge in [0, 0.05) is 19.5 Å². The third kappa shape index (κ3) is 6.45. The van der Waals surface area contributed by atoms with E-state index < -0.39 is 6.04 Å². The van der Waals surface area contributed by atoms with Crippen LogP contribution in [0.2, 0.25) is 0 Å². The van der Waals surface area contributed by atoms with Gasteiger partial charge in [-0.1, -0.05) is 72.8 Å². The second kappa shape index (κ2) is 11.7. The molecular weight excluding hydrogens is 400 g/mol. The number of carbonyl (C=O) groups is 2. The average molecular weight is 431 g/mol. The molecule has 3 rings (SSSR count). The minimum atomic E-state index is -0.625. The van der Waals surface area contributed by atoms with Gasteiger partial charge < -0.3 is 15.0 Å². The SMILES string of the molecule is CCNC(=O)[C@@H](Cc1ccccc1)N(Cc1cccc(OC)c1)C(=O)Cc1ccccc1. The molecule has 32 heavy (non-hydrogen) atoms. The molecule has 3 aromatic carbocycles. The van der Waals surface area contributed by atoms with Crippen molar-refractivity contribution >= 4 is 11.8 Å². The van der Waals surface area contributed by atoms with Crippen LogP contribution in [-0.4, -0.2) is 36.4 Å². The summed E-state index contributed by atoms with van der Waals surface area (Å²) in [7, 11) is 1.62. The summed E-state index contributed by atoms with van der Waals surface area (Å²) in [4.78, 5) is 28.4. The van der Waals surface area contributed by atoms with Gasteiger partial charge in [0.05, 0.1) is 13.5 Å². The van der Waals surface area contributed by atoms with E-state index in [0.717, 1.165) is 22.4 Å². The third-order valence-electron chi connectivity index (χ3n) is 5.31. The number of rotatable bonds is 10. The van der Waals surface area contributed by atoms with Crippen LogP contribution in [0.25, 0.3) is 0 Å². The van der Waals surface area contributed by atoms with Crippen molar-refractivity contribution in [2.75, 3.05) is 13.7 Å². The van der Waals surface area contributed by atoms with Gasteiger partial charge in [-0.25, -0.2) is 0 Å². The quantitative estimate of drug-likeness (QED) is 0.529. The van der Waals surface area contributed by atoms with Crippen LogP contribution in [0, 0.1) is 0 Å². The Kier molecular flexibility index (Phi) is 8.44. The Hall–Kier alpha value is -3.60. The summed E-state index contributed by atoms with van der Waals surface area (Å²) in [5, 5.41) is 2.92. The summed E-state index contributed by atoms with van der Waals surface area (Å²) in [6.07, 6.45) is 0.673. The van der Waals surface area contributed by atoms with Crippen molar-refractivity contribution in [3.8, 4) is 5.75 Å². The lowest BCUT2D eigenvalue weighted by molar-refractivity contribution is -0.140. The minimum absolute atomic E-state index is 0.0915. The van der Waals surface area contributed by atoms with Gasteiger partial charge >= 0.3 is 0 Å². The highest BCUT2D eigenvalue weighted by atomic mass is 16.5. The Morgan fingerprint density at radius 1 is 0.875 bits per heavy atom. The van der Waals surface area contributed by atoms with Gasteiger partial charge in [0.25, 0.3) is 0 Å². The number of hydrogen-bond donors (Lipinski definition) is 1. The summed E-state index contributed by atoms with van der Waals surface area (Å²) in [5.41, 5.74) is 2.84. The fraction of sp³-hybridized carbons (Fsp3) is 0.259. The van der Waals surface area contributed by atoms with Crippen LogP contribution in [-0.2, 0) is 29.0 Å². The fourth-order valence-electron chi connectivity index (χ4n) is 3.69. The first-order chi connectivity index (χ1) is 15.6. The maximum atomic E-state index is 13.5. The molecule has 0 heterocycles. The van der Waals surface area contributed by atoms with Crippen LogP contribution in [0.1, 0.15) is 23.6 Å². The molecule has 1 N–H and O–H groups in total. The van der Waals surface area contributed by atoms with E-state index in [9.17, 15) is 9.59 Å². The number of hydrogen-bond acceptors (Lipinski definition) is 3. The van der Waals surface area contributed by atoms with E-state index >= 15 is 0 Å². The number of benzene rings is 3. The number of amides is 2. The zero-order chi connectivity index (χ0) is 22.8.